The summed E-state index contributed by atoms with van der Waals surface area (Å²) in [5.74, 6) is 0.385. The fourth-order valence-electron chi connectivity index (χ4n) is 2.74. The van der Waals surface area contributed by atoms with E-state index in [-0.39, 0.29) is 5.56 Å². The van der Waals surface area contributed by atoms with Gasteiger partial charge in [0.25, 0.3) is 5.91 Å². The lowest BCUT2D eigenvalue weighted by Crippen LogP contribution is -2.15. The number of ether oxygens (including phenoxy) is 2. The molecule has 2 aromatic carbocycles. The van der Waals surface area contributed by atoms with Crippen LogP contribution in [-0.4, -0.2) is 24.1 Å². The third-order valence-corrected chi connectivity index (χ3v) is 4.38. The molecule has 2 heterocycles. The Morgan fingerprint density at radius 3 is 2.52 bits per heavy atom. The molecule has 1 aliphatic rings. The Kier molecular flexibility index (Phi) is 4.64. The van der Waals surface area contributed by atoms with E-state index < -0.39 is 11.7 Å². The van der Waals surface area contributed by atoms with Gasteiger partial charge in [-0.2, -0.15) is 0 Å². The molecule has 0 unspecified atom stereocenters. The highest BCUT2D eigenvalue weighted by molar-refractivity contribution is 6.33. The zero-order valence-electron chi connectivity index (χ0n) is 14.0. The molecule has 0 aliphatic carbocycles. The van der Waals surface area contributed by atoms with Crippen molar-refractivity contribution in [3.8, 4) is 22.6 Å². The van der Waals surface area contributed by atoms with Gasteiger partial charge in [0.1, 0.15) is 24.8 Å². The quantitative estimate of drug-likeness (QED) is 0.718. The van der Waals surface area contributed by atoms with E-state index in [1.165, 1.54) is 18.2 Å². The lowest BCUT2D eigenvalue weighted by atomic mass is 10.1. The van der Waals surface area contributed by atoms with Gasteiger partial charge in [-0.25, -0.2) is 9.37 Å². The Morgan fingerprint density at radius 1 is 1.07 bits per heavy atom. The van der Waals surface area contributed by atoms with Gasteiger partial charge in [-0.3, -0.25) is 4.79 Å². The number of hydrogen-bond donors (Lipinski definition) is 1. The van der Waals surface area contributed by atoms with E-state index >= 15 is 0 Å². The first-order chi connectivity index (χ1) is 13.1. The molecular formula is C20H14ClFN2O3. The standard InChI is InChI=1S/C20H14ClFN2O3/c21-15-10-18-17(26-7-8-27-18)9-14(15)12-5-6-19(23-11-12)24-20(25)13-3-1-2-4-16(13)22/h1-6,9-11H,7-8H2,(H,23,24,25). The van der Waals surface area contributed by atoms with Gasteiger partial charge in [0, 0.05) is 23.4 Å². The lowest BCUT2D eigenvalue weighted by molar-refractivity contribution is 0.102. The number of pyridine rings is 1. The van der Waals surface area contributed by atoms with Gasteiger partial charge in [-0.15, -0.1) is 0 Å². The van der Waals surface area contributed by atoms with E-state index in [9.17, 15) is 9.18 Å². The first-order valence-corrected chi connectivity index (χ1v) is 8.61. The van der Waals surface area contributed by atoms with Crippen LogP contribution in [0.15, 0.2) is 54.7 Å². The van der Waals surface area contributed by atoms with Crippen molar-refractivity contribution in [2.75, 3.05) is 18.5 Å². The number of rotatable bonds is 3. The molecule has 0 saturated carbocycles. The number of nitrogens with one attached hydrogen (secondary N) is 1. The summed E-state index contributed by atoms with van der Waals surface area (Å²) in [5.41, 5.74) is 1.44. The summed E-state index contributed by atoms with van der Waals surface area (Å²) in [6.45, 7) is 0.966. The maximum atomic E-state index is 13.7. The molecule has 1 amide bonds. The number of benzene rings is 2. The smallest absolute Gasteiger partial charge is 0.259 e. The monoisotopic (exact) mass is 384 g/mol. The number of aromatic nitrogens is 1. The summed E-state index contributed by atoms with van der Waals surface area (Å²) in [6, 6.07) is 12.7. The Hall–Kier alpha value is -3.12. The molecule has 3 aromatic rings. The largest absolute Gasteiger partial charge is 0.486 e. The molecular weight excluding hydrogens is 371 g/mol. The van der Waals surface area contributed by atoms with E-state index in [4.69, 9.17) is 21.1 Å². The molecule has 4 rings (SSSR count). The zero-order valence-corrected chi connectivity index (χ0v) is 14.8. The number of fused-ring (bicyclic) bond motifs is 1. The van der Waals surface area contributed by atoms with Crippen molar-refractivity contribution in [2.24, 2.45) is 0 Å². The summed E-state index contributed by atoms with van der Waals surface area (Å²) >= 11 is 6.34. The second kappa shape index (κ2) is 7.25. The van der Waals surface area contributed by atoms with Crippen molar-refractivity contribution < 1.29 is 18.7 Å². The Morgan fingerprint density at radius 2 is 1.81 bits per heavy atom. The van der Waals surface area contributed by atoms with Gasteiger partial charge in [-0.1, -0.05) is 23.7 Å². The van der Waals surface area contributed by atoms with Crippen molar-refractivity contribution in [1.29, 1.82) is 0 Å². The maximum Gasteiger partial charge on any atom is 0.259 e. The first kappa shape index (κ1) is 17.3. The Labute approximate surface area is 159 Å². The third kappa shape index (κ3) is 3.57. The molecule has 1 N–H and O–H groups in total. The van der Waals surface area contributed by atoms with Crippen LogP contribution < -0.4 is 14.8 Å². The van der Waals surface area contributed by atoms with Gasteiger partial charge in [0.2, 0.25) is 0 Å². The van der Waals surface area contributed by atoms with Gasteiger partial charge >= 0.3 is 0 Å². The first-order valence-electron chi connectivity index (χ1n) is 8.23. The van der Waals surface area contributed by atoms with Crippen molar-refractivity contribution in [2.45, 2.75) is 0 Å². The summed E-state index contributed by atoms with van der Waals surface area (Å²) < 4.78 is 24.8. The highest BCUT2D eigenvalue weighted by Gasteiger charge is 2.17. The summed E-state index contributed by atoms with van der Waals surface area (Å²) in [4.78, 5) is 16.4. The number of halogens is 2. The van der Waals surface area contributed by atoms with Crippen molar-refractivity contribution in [3.63, 3.8) is 0 Å². The molecule has 5 nitrogen and oxygen atoms in total. The lowest BCUT2D eigenvalue weighted by Gasteiger charge is -2.19. The summed E-state index contributed by atoms with van der Waals surface area (Å²) in [6.07, 6.45) is 1.58. The molecule has 0 radical (unpaired) electrons. The Balaban J connectivity index is 1.56. The zero-order chi connectivity index (χ0) is 18.8. The van der Waals surface area contributed by atoms with E-state index in [0.717, 1.165) is 11.1 Å². The number of carbonyl (C=O) groups is 1. The van der Waals surface area contributed by atoms with Gasteiger partial charge in [0.15, 0.2) is 11.5 Å². The molecule has 136 valence electrons. The van der Waals surface area contributed by atoms with Gasteiger partial charge < -0.3 is 14.8 Å². The van der Waals surface area contributed by atoms with Crippen molar-refractivity contribution in [1.82, 2.24) is 4.98 Å². The number of carbonyl (C=O) groups excluding carboxylic acids is 1. The molecule has 1 aromatic heterocycles. The third-order valence-electron chi connectivity index (χ3n) is 4.07. The highest BCUT2D eigenvalue weighted by atomic mass is 35.5. The molecule has 0 saturated heterocycles. The van der Waals surface area contributed by atoms with E-state index in [0.29, 0.717) is 35.6 Å². The van der Waals surface area contributed by atoms with Crippen LogP contribution in [0.25, 0.3) is 11.1 Å². The van der Waals surface area contributed by atoms with Crippen LogP contribution in [0, 0.1) is 5.82 Å². The summed E-state index contributed by atoms with van der Waals surface area (Å²) in [5, 5.41) is 3.08. The molecule has 0 spiro atoms. The average molecular weight is 385 g/mol. The van der Waals surface area contributed by atoms with E-state index in [1.807, 2.05) is 0 Å². The highest BCUT2D eigenvalue weighted by Crippen LogP contribution is 2.39. The Bertz CT molecular complexity index is 1010. The molecule has 27 heavy (non-hydrogen) atoms. The van der Waals surface area contributed by atoms with Crippen LogP contribution in [-0.2, 0) is 0 Å². The van der Waals surface area contributed by atoms with Crippen LogP contribution in [0.3, 0.4) is 0 Å². The minimum Gasteiger partial charge on any atom is -0.486 e. The minimum absolute atomic E-state index is 0.0433. The van der Waals surface area contributed by atoms with Crippen LogP contribution in [0.1, 0.15) is 10.4 Å². The second-order valence-electron chi connectivity index (χ2n) is 5.84. The predicted molar refractivity (Wildman–Crippen MR) is 100 cm³/mol. The normalized spacial score (nSPS) is 12.5. The number of amides is 1. The molecule has 0 fully saturated rings. The fraction of sp³-hybridized carbons (Fsp3) is 0.100. The summed E-state index contributed by atoms with van der Waals surface area (Å²) in [7, 11) is 0. The molecule has 0 atom stereocenters. The molecule has 7 heteroatoms. The topological polar surface area (TPSA) is 60.5 Å². The van der Waals surface area contributed by atoms with Crippen molar-refractivity contribution >= 4 is 23.3 Å². The molecule has 0 bridgehead atoms. The minimum atomic E-state index is -0.588. The van der Waals surface area contributed by atoms with Crippen LogP contribution in [0.5, 0.6) is 11.5 Å². The fourth-order valence-corrected chi connectivity index (χ4v) is 3.00. The van der Waals surface area contributed by atoms with Crippen LogP contribution in [0.4, 0.5) is 10.2 Å². The van der Waals surface area contributed by atoms with Crippen LogP contribution in [0.2, 0.25) is 5.02 Å². The molecule has 1 aliphatic heterocycles. The van der Waals surface area contributed by atoms with E-state index in [2.05, 4.69) is 10.3 Å². The number of anilines is 1. The van der Waals surface area contributed by atoms with Gasteiger partial charge in [0.05, 0.1) is 10.6 Å². The second-order valence-corrected chi connectivity index (χ2v) is 6.25. The SMILES string of the molecule is O=C(Nc1ccc(-c2cc3c(cc2Cl)OCCO3)cn1)c1ccccc1F. The van der Waals surface area contributed by atoms with Gasteiger partial charge in [-0.05, 0) is 30.3 Å². The van der Waals surface area contributed by atoms with E-state index in [1.54, 1.807) is 36.5 Å². The van der Waals surface area contributed by atoms with Crippen molar-refractivity contribution in [3.05, 3.63) is 71.1 Å². The number of hydrogen-bond acceptors (Lipinski definition) is 4. The number of nitrogens with zero attached hydrogens (tertiary/aromatic N) is 1. The van der Waals surface area contributed by atoms with Crippen LogP contribution >= 0.6 is 11.6 Å². The maximum absolute atomic E-state index is 13.7. The predicted octanol–water partition coefficient (Wildman–Crippen LogP) is 4.56. The average Bonchev–Trinajstić information content (AvgIpc) is 2.68.